The smallest absolute Gasteiger partial charge is 0.258 e. The molecule has 6 nitrogen and oxygen atoms in total. The Morgan fingerprint density at radius 2 is 1.83 bits per heavy atom. The van der Waals surface area contributed by atoms with Gasteiger partial charge < -0.3 is 14.7 Å². The van der Waals surface area contributed by atoms with Gasteiger partial charge in [-0.1, -0.05) is 0 Å². The van der Waals surface area contributed by atoms with Crippen molar-refractivity contribution in [3.05, 3.63) is 63.8 Å². The van der Waals surface area contributed by atoms with Gasteiger partial charge in [0, 0.05) is 30.8 Å². The molecule has 1 aromatic carbocycles. The summed E-state index contributed by atoms with van der Waals surface area (Å²) in [7, 11) is 0. The third-order valence-corrected chi connectivity index (χ3v) is 5.78. The van der Waals surface area contributed by atoms with Crippen LogP contribution in [0.3, 0.4) is 0 Å². The molecule has 0 spiro atoms. The highest BCUT2D eigenvalue weighted by Gasteiger charge is 2.36. The first-order valence-corrected chi connectivity index (χ1v) is 9.94. The number of piperidine rings is 1. The van der Waals surface area contributed by atoms with Crippen LogP contribution in [0.4, 0.5) is 8.78 Å². The van der Waals surface area contributed by atoms with Crippen LogP contribution >= 0.6 is 0 Å². The molecule has 0 bridgehead atoms. The van der Waals surface area contributed by atoms with E-state index in [0.717, 1.165) is 5.56 Å². The fourth-order valence-electron chi connectivity index (χ4n) is 4.19. The fourth-order valence-corrected chi connectivity index (χ4v) is 4.19. The highest BCUT2D eigenvalue weighted by molar-refractivity contribution is 5.86. The van der Waals surface area contributed by atoms with E-state index in [1.54, 1.807) is 29.8 Å². The topological polar surface area (TPSA) is 75.1 Å². The van der Waals surface area contributed by atoms with E-state index in [-0.39, 0.29) is 24.3 Å². The number of pyridine rings is 1. The van der Waals surface area contributed by atoms with Crippen molar-refractivity contribution in [3.8, 4) is 11.1 Å². The molecule has 0 saturated carbocycles. The Labute approximate surface area is 171 Å². The number of H-pyrrole nitrogens is 1. The zero-order valence-corrected chi connectivity index (χ0v) is 16.7. The van der Waals surface area contributed by atoms with Gasteiger partial charge in [0.2, 0.25) is 0 Å². The molecule has 5 rings (SSSR count). The molecule has 4 aromatic rings. The van der Waals surface area contributed by atoms with E-state index in [1.165, 1.54) is 6.07 Å². The number of hydrogen-bond donors (Lipinski definition) is 2. The van der Waals surface area contributed by atoms with Crippen LogP contribution in [0.15, 0.2) is 35.4 Å². The molecule has 0 amide bonds. The molecule has 1 aliphatic rings. The first kappa shape index (κ1) is 18.9. The molecule has 0 unspecified atom stereocenters. The SMILES string of the molecule is Cc1cn2cc(-c3cc(C)c4nc(C5(F)CCNCC5)[nH]c(=O)c4c3)cc(F)c2n1. The fraction of sp³-hybridized carbons (Fsp3) is 0.318. The van der Waals surface area contributed by atoms with Crippen LogP contribution < -0.4 is 10.9 Å². The quantitative estimate of drug-likeness (QED) is 0.531. The number of aromatic amines is 1. The number of aromatic nitrogens is 4. The molecular formula is C22H21F2N5O. The Bertz CT molecular complexity index is 1350. The number of fused-ring (bicyclic) bond motifs is 2. The van der Waals surface area contributed by atoms with Crippen LogP contribution in [-0.2, 0) is 5.67 Å². The maximum absolute atomic E-state index is 15.4. The molecule has 154 valence electrons. The highest BCUT2D eigenvalue weighted by Crippen LogP contribution is 2.33. The number of alkyl halides is 1. The summed E-state index contributed by atoms with van der Waals surface area (Å²) < 4.78 is 31.5. The van der Waals surface area contributed by atoms with Crippen LogP contribution in [-0.4, -0.2) is 32.4 Å². The lowest BCUT2D eigenvalue weighted by molar-refractivity contribution is 0.104. The molecule has 8 heteroatoms. The molecule has 0 radical (unpaired) electrons. The molecule has 3 aromatic heterocycles. The zero-order valence-electron chi connectivity index (χ0n) is 16.7. The van der Waals surface area contributed by atoms with E-state index in [0.29, 0.717) is 40.8 Å². The maximum atomic E-state index is 15.4. The van der Waals surface area contributed by atoms with E-state index in [2.05, 4.69) is 20.3 Å². The summed E-state index contributed by atoms with van der Waals surface area (Å²) in [4.78, 5) is 24.1. The number of imidazole rings is 1. The van der Waals surface area contributed by atoms with E-state index < -0.39 is 17.0 Å². The van der Waals surface area contributed by atoms with Gasteiger partial charge in [0.15, 0.2) is 17.1 Å². The molecule has 1 fully saturated rings. The predicted molar refractivity (Wildman–Crippen MR) is 111 cm³/mol. The summed E-state index contributed by atoms with van der Waals surface area (Å²) in [5.41, 5.74) is 1.44. The van der Waals surface area contributed by atoms with Gasteiger partial charge >= 0.3 is 0 Å². The number of rotatable bonds is 2. The summed E-state index contributed by atoms with van der Waals surface area (Å²) in [5.74, 6) is -0.357. The van der Waals surface area contributed by atoms with E-state index in [4.69, 9.17) is 0 Å². The largest absolute Gasteiger partial charge is 0.316 e. The van der Waals surface area contributed by atoms with Crippen LogP contribution in [0.1, 0.15) is 29.9 Å². The molecule has 30 heavy (non-hydrogen) atoms. The molecule has 4 heterocycles. The number of nitrogens with zero attached hydrogens (tertiary/aromatic N) is 3. The summed E-state index contributed by atoms with van der Waals surface area (Å²) in [6, 6.07) is 4.93. The zero-order chi connectivity index (χ0) is 21.0. The van der Waals surface area contributed by atoms with Crippen molar-refractivity contribution in [1.29, 1.82) is 0 Å². The second kappa shape index (κ2) is 6.70. The van der Waals surface area contributed by atoms with Crippen molar-refractivity contribution in [2.45, 2.75) is 32.4 Å². The number of halogens is 2. The van der Waals surface area contributed by atoms with Crippen molar-refractivity contribution in [3.63, 3.8) is 0 Å². The van der Waals surface area contributed by atoms with Crippen LogP contribution in [0.2, 0.25) is 0 Å². The van der Waals surface area contributed by atoms with Gasteiger partial charge in [0.05, 0.1) is 16.6 Å². The number of benzene rings is 1. The number of hydrogen-bond acceptors (Lipinski definition) is 4. The second-order valence-electron chi connectivity index (χ2n) is 8.01. The minimum atomic E-state index is -1.64. The standard InChI is InChI=1S/C22H21F2N5O/c1-12-7-14(15-9-17(23)19-26-13(2)10-29(19)11-15)8-16-18(12)27-21(28-20(16)30)22(24)3-5-25-6-4-22/h7-11,25H,3-6H2,1-2H3,(H,27,28,30). The minimum absolute atomic E-state index is 0.0821. The Hall–Kier alpha value is -3.13. The molecule has 1 aliphatic heterocycles. The average Bonchev–Trinajstić information content (AvgIpc) is 3.10. The average molecular weight is 409 g/mol. The van der Waals surface area contributed by atoms with Crippen molar-refractivity contribution < 1.29 is 8.78 Å². The monoisotopic (exact) mass is 409 g/mol. The normalized spacial score (nSPS) is 16.4. The Kier molecular flexibility index (Phi) is 4.21. The summed E-state index contributed by atoms with van der Waals surface area (Å²) in [6.07, 6.45) is 4.06. The molecular weight excluding hydrogens is 388 g/mol. The van der Waals surface area contributed by atoms with Gasteiger partial charge in [-0.15, -0.1) is 0 Å². The second-order valence-corrected chi connectivity index (χ2v) is 8.01. The van der Waals surface area contributed by atoms with E-state index in [1.807, 2.05) is 13.0 Å². The van der Waals surface area contributed by atoms with Gasteiger partial charge in [0.25, 0.3) is 5.56 Å². The molecule has 0 aliphatic carbocycles. The summed E-state index contributed by atoms with van der Waals surface area (Å²) in [6.45, 7) is 4.70. The minimum Gasteiger partial charge on any atom is -0.316 e. The van der Waals surface area contributed by atoms with Crippen molar-refractivity contribution in [2.75, 3.05) is 13.1 Å². The third-order valence-electron chi connectivity index (χ3n) is 5.78. The predicted octanol–water partition coefficient (Wildman–Crippen LogP) is 3.54. The van der Waals surface area contributed by atoms with Crippen LogP contribution in [0.25, 0.3) is 27.7 Å². The van der Waals surface area contributed by atoms with Gasteiger partial charge in [0.1, 0.15) is 5.82 Å². The Balaban J connectivity index is 1.67. The van der Waals surface area contributed by atoms with Gasteiger partial charge in [-0.3, -0.25) is 4.79 Å². The van der Waals surface area contributed by atoms with Crippen molar-refractivity contribution in [1.82, 2.24) is 24.7 Å². The lowest BCUT2D eigenvalue weighted by Gasteiger charge is -2.29. The first-order chi connectivity index (χ1) is 14.3. The first-order valence-electron chi connectivity index (χ1n) is 9.94. The van der Waals surface area contributed by atoms with Crippen LogP contribution in [0, 0.1) is 19.7 Å². The Morgan fingerprint density at radius 3 is 2.60 bits per heavy atom. The summed E-state index contributed by atoms with van der Waals surface area (Å²) >= 11 is 0. The van der Waals surface area contributed by atoms with Crippen molar-refractivity contribution in [2.24, 2.45) is 0 Å². The highest BCUT2D eigenvalue weighted by atomic mass is 19.1. The molecule has 0 atom stereocenters. The third kappa shape index (κ3) is 2.99. The van der Waals surface area contributed by atoms with Crippen molar-refractivity contribution >= 4 is 16.6 Å². The van der Waals surface area contributed by atoms with E-state index in [9.17, 15) is 9.18 Å². The van der Waals surface area contributed by atoms with Gasteiger partial charge in [-0.25, -0.2) is 18.7 Å². The lowest BCUT2D eigenvalue weighted by atomic mass is 9.93. The number of nitrogens with one attached hydrogen (secondary N) is 2. The maximum Gasteiger partial charge on any atom is 0.258 e. The van der Waals surface area contributed by atoms with Gasteiger partial charge in [-0.2, -0.15) is 0 Å². The molecule has 1 saturated heterocycles. The Morgan fingerprint density at radius 1 is 1.07 bits per heavy atom. The van der Waals surface area contributed by atoms with Gasteiger partial charge in [-0.05, 0) is 56.3 Å². The van der Waals surface area contributed by atoms with Crippen LogP contribution in [0.5, 0.6) is 0 Å². The van der Waals surface area contributed by atoms with E-state index >= 15 is 4.39 Å². The lowest BCUT2D eigenvalue weighted by Crippen LogP contribution is -2.39. The number of aryl methyl sites for hydroxylation is 2. The molecule has 2 N–H and O–H groups in total. The summed E-state index contributed by atoms with van der Waals surface area (Å²) in [5, 5.41) is 3.48.